The number of nitrogens with zero attached hydrogens (tertiary/aromatic N) is 1. The van der Waals surface area contributed by atoms with Crippen molar-refractivity contribution in [2.75, 3.05) is 11.0 Å². The summed E-state index contributed by atoms with van der Waals surface area (Å²) >= 11 is 18.5. The van der Waals surface area contributed by atoms with Gasteiger partial charge in [-0.1, -0.05) is 53.5 Å². The molecule has 5 nitrogen and oxygen atoms in total. The largest absolute Gasteiger partial charge is 0.492 e. The maximum atomic E-state index is 15.1. The van der Waals surface area contributed by atoms with E-state index >= 15 is 4.39 Å². The average Bonchev–Trinajstić information content (AvgIpc) is 2.75. The van der Waals surface area contributed by atoms with E-state index in [0.717, 1.165) is 18.2 Å². The monoisotopic (exact) mass is 481 g/mol. The molecule has 0 spiro atoms. The summed E-state index contributed by atoms with van der Waals surface area (Å²) in [5, 5.41) is 9.24. The van der Waals surface area contributed by atoms with E-state index < -0.39 is 23.4 Å². The fourth-order valence-corrected chi connectivity index (χ4v) is 3.78. The van der Waals surface area contributed by atoms with Crippen LogP contribution in [0.2, 0.25) is 10.0 Å². The van der Waals surface area contributed by atoms with Gasteiger partial charge in [0.05, 0.1) is 17.7 Å². The number of aromatic carboxylic acids is 1. The van der Waals surface area contributed by atoms with Crippen LogP contribution in [0.5, 0.6) is 5.75 Å². The Balaban J connectivity index is 2.15. The minimum atomic E-state index is -1.37. The lowest BCUT2D eigenvalue weighted by molar-refractivity contribution is 0.0692. The standard InChI is InChI=1S/C22H15Cl3FNO4/c1-2-31-20-15(12-6-4-3-5-7-12)11-17(26)19(18(20)24)27(25)21(28)16-10-13(23)8-9-14(16)22(29)30/h3-11H,2H2,1H3,(H,29,30). The molecule has 3 aromatic rings. The molecule has 3 aromatic carbocycles. The number of carbonyl (C=O) groups is 2. The highest BCUT2D eigenvalue weighted by Gasteiger charge is 2.29. The first-order valence-corrected chi connectivity index (χ1v) is 10.1. The summed E-state index contributed by atoms with van der Waals surface area (Å²) < 4.78 is 21.2. The molecular formula is C22H15Cl3FNO4. The number of anilines is 1. The van der Waals surface area contributed by atoms with Crippen molar-refractivity contribution in [2.45, 2.75) is 6.92 Å². The summed E-state index contributed by atoms with van der Waals surface area (Å²) in [6.45, 7) is 1.95. The summed E-state index contributed by atoms with van der Waals surface area (Å²) in [4.78, 5) is 24.5. The zero-order valence-electron chi connectivity index (χ0n) is 16.0. The molecule has 1 N–H and O–H groups in total. The summed E-state index contributed by atoms with van der Waals surface area (Å²) in [6, 6.07) is 13.6. The molecule has 0 unspecified atom stereocenters. The van der Waals surface area contributed by atoms with Crippen LogP contribution in [0.25, 0.3) is 11.1 Å². The van der Waals surface area contributed by atoms with E-state index in [1.807, 2.05) is 0 Å². The highest BCUT2D eigenvalue weighted by Crippen LogP contribution is 2.45. The quantitative estimate of drug-likeness (QED) is 0.397. The average molecular weight is 483 g/mol. The molecule has 0 fully saturated rings. The second-order valence-electron chi connectivity index (χ2n) is 6.28. The Morgan fingerprint density at radius 3 is 2.35 bits per heavy atom. The minimum absolute atomic E-state index is 0.111. The van der Waals surface area contributed by atoms with Gasteiger partial charge in [-0.05, 0) is 36.8 Å². The van der Waals surface area contributed by atoms with Crippen LogP contribution in [0.3, 0.4) is 0 Å². The first kappa shape index (κ1) is 22.9. The van der Waals surface area contributed by atoms with Gasteiger partial charge in [-0.25, -0.2) is 13.6 Å². The van der Waals surface area contributed by atoms with Crippen LogP contribution in [0.4, 0.5) is 10.1 Å². The molecule has 0 atom stereocenters. The molecule has 160 valence electrons. The SMILES string of the molecule is CCOc1c(-c2ccccc2)cc(F)c(N(Cl)C(=O)c2cc(Cl)ccc2C(=O)O)c1Cl. The van der Waals surface area contributed by atoms with Crippen molar-refractivity contribution in [1.29, 1.82) is 0 Å². The highest BCUT2D eigenvalue weighted by atomic mass is 35.5. The van der Waals surface area contributed by atoms with E-state index in [1.165, 1.54) is 6.07 Å². The lowest BCUT2D eigenvalue weighted by Crippen LogP contribution is -2.24. The third-order valence-electron chi connectivity index (χ3n) is 4.34. The highest BCUT2D eigenvalue weighted by molar-refractivity contribution is 6.44. The van der Waals surface area contributed by atoms with Gasteiger partial charge < -0.3 is 9.84 Å². The molecule has 0 bridgehead atoms. The summed E-state index contributed by atoms with van der Waals surface area (Å²) in [5.41, 5.74) is -0.111. The van der Waals surface area contributed by atoms with E-state index in [9.17, 15) is 14.7 Å². The number of ether oxygens (including phenoxy) is 1. The first-order chi connectivity index (χ1) is 14.8. The lowest BCUT2D eigenvalue weighted by atomic mass is 10.0. The summed E-state index contributed by atoms with van der Waals surface area (Å²) in [5.74, 6) is -3.15. The molecule has 0 heterocycles. The number of carboxylic acids is 1. The number of hydrogen-bond acceptors (Lipinski definition) is 3. The molecule has 9 heteroatoms. The van der Waals surface area contributed by atoms with E-state index in [1.54, 1.807) is 37.3 Å². The Bertz CT molecular complexity index is 1160. The van der Waals surface area contributed by atoms with Gasteiger partial charge in [0.1, 0.15) is 16.5 Å². The molecule has 0 radical (unpaired) electrons. The topological polar surface area (TPSA) is 66.8 Å². The van der Waals surface area contributed by atoms with Crippen molar-refractivity contribution in [3.63, 3.8) is 0 Å². The van der Waals surface area contributed by atoms with Gasteiger partial charge in [-0.2, -0.15) is 0 Å². The zero-order valence-corrected chi connectivity index (χ0v) is 18.3. The van der Waals surface area contributed by atoms with Crippen molar-refractivity contribution >= 4 is 52.5 Å². The number of carbonyl (C=O) groups excluding carboxylic acids is 1. The smallest absolute Gasteiger partial charge is 0.336 e. The van der Waals surface area contributed by atoms with Gasteiger partial charge in [-0.15, -0.1) is 0 Å². The van der Waals surface area contributed by atoms with Crippen LogP contribution in [-0.2, 0) is 0 Å². The van der Waals surface area contributed by atoms with Crippen LogP contribution in [0.15, 0.2) is 54.6 Å². The van der Waals surface area contributed by atoms with Crippen LogP contribution >= 0.6 is 35.0 Å². The predicted octanol–water partition coefficient (Wildman–Crippen LogP) is 6.70. The van der Waals surface area contributed by atoms with Crippen LogP contribution in [0, 0.1) is 5.82 Å². The molecule has 0 saturated carbocycles. The second kappa shape index (κ2) is 9.56. The Morgan fingerprint density at radius 1 is 1.06 bits per heavy atom. The van der Waals surface area contributed by atoms with Gasteiger partial charge >= 0.3 is 5.97 Å². The number of carboxylic acid groups (broad SMARTS) is 1. The number of hydrogen-bond donors (Lipinski definition) is 1. The third kappa shape index (κ3) is 4.61. The van der Waals surface area contributed by atoms with Crippen molar-refractivity contribution < 1.29 is 23.8 Å². The maximum absolute atomic E-state index is 15.1. The molecule has 0 aromatic heterocycles. The van der Waals surface area contributed by atoms with E-state index in [0.29, 0.717) is 15.5 Å². The maximum Gasteiger partial charge on any atom is 0.336 e. The zero-order chi connectivity index (χ0) is 22.7. The molecular weight excluding hydrogens is 468 g/mol. The summed E-state index contributed by atoms with van der Waals surface area (Å²) in [7, 11) is 0. The summed E-state index contributed by atoms with van der Waals surface area (Å²) in [6.07, 6.45) is 0. The van der Waals surface area contributed by atoms with E-state index in [-0.39, 0.29) is 33.5 Å². The molecule has 0 aliphatic heterocycles. The van der Waals surface area contributed by atoms with Crippen LogP contribution in [0.1, 0.15) is 27.6 Å². The number of rotatable bonds is 6. The Morgan fingerprint density at radius 2 is 1.74 bits per heavy atom. The Labute approximate surface area is 192 Å². The van der Waals surface area contributed by atoms with Crippen LogP contribution in [-0.4, -0.2) is 23.6 Å². The van der Waals surface area contributed by atoms with Gasteiger partial charge in [-0.3, -0.25) is 4.79 Å². The fraction of sp³-hybridized carbons (Fsp3) is 0.0909. The van der Waals surface area contributed by atoms with Gasteiger partial charge in [0.2, 0.25) is 0 Å². The Hall–Kier alpha value is -2.80. The van der Waals surface area contributed by atoms with Crippen molar-refractivity contribution in [3.8, 4) is 16.9 Å². The normalized spacial score (nSPS) is 10.6. The molecule has 31 heavy (non-hydrogen) atoms. The number of halogens is 4. The lowest BCUT2D eigenvalue weighted by Gasteiger charge is -2.21. The Kier molecular flexibility index (Phi) is 7.05. The molecule has 3 rings (SSSR count). The first-order valence-electron chi connectivity index (χ1n) is 8.99. The fourth-order valence-electron chi connectivity index (χ4n) is 2.98. The molecule has 1 amide bonds. The van der Waals surface area contributed by atoms with Crippen molar-refractivity contribution in [1.82, 2.24) is 0 Å². The van der Waals surface area contributed by atoms with Crippen LogP contribution < -0.4 is 9.16 Å². The van der Waals surface area contributed by atoms with Gasteiger partial charge in [0.15, 0.2) is 5.82 Å². The number of amides is 1. The van der Waals surface area contributed by atoms with E-state index in [2.05, 4.69) is 0 Å². The van der Waals surface area contributed by atoms with E-state index in [4.69, 9.17) is 39.7 Å². The minimum Gasteiger partial charge on any atom is -0.492 e. The van der Waals surface area contributed by atoms with Gasteiger partial charge in [0, 0.05) is 22.4 Å². The van der Waals surface area contributed by atoms with Crippen molar-refractivity contribution in [3.05, 3.63) is 81.6 Å². The van der Waals surface area contributed by atoms with Gasteiger partial charge in [0.25, 0.3) is 5.91 Å². The second-order valence-corrected chi connectivity index (χ2v) is 7.43. The predicted molar refractivity (Wildman–Crippen MR) is 119 cm³/mol. The number of benzene rings is 3. The van der Waals surface area contributed by atoms with Crippen molar-refractivity contribution in [2.24, 2.45) is 0 Å². The molecule has 0 saturated heterocycles. The molecule has 0 aliphatic rings. The third-order valence-corrected chi connectivity index (χ3v) is 5.25. The molecule has 0 aliphatic carbocycles.